The van der Waals surface area contributed by atoms with Crippen molar-refractivity contribution in [2.24, 2.45) is 5.14 Å². The lowest BCUT2D eigenvalue weighted by molar-refractivity contribution is -0.117. The molecule has 0 saturated heterocycles. The molecule has 148 valence electrons. The number of amides is 1. The van der Waals surface area contributed by atoms with Crippen LogP contribution in [0.3, 0.4) is 0 Å². The first kappa shape index (κ1) is 21.6. The van der Waals surface area contributed by atoms with Crippen LogP contribution in [-0.4, -0.2) is 31.8 Å². The Bertz CT molecular complexity index is 934. The van der Waals surface area contributed by atoms with Gasteiger partial charge in [-0.3, -0.25) is 9.69 Å². The Morgan fingerprint density at radius 2 is 1.89 bits per heavy atom. The fraction of sp³-hybridized carbons (Fsp3) is 0.421. The lowest BCUT2D eigenvalue weighted by atomic mass is 10.1. The fourth-order valence-corrected chi connectivity index (χ4v) is 4.22. The molecule has 0 aliphatic heterocycles. The van der Waals surface area contributed by atoms with E-state index in [-0.39, 0.29) is 23.4 Å². The standard InChI is InChI=1S/C19H27N3O3S2/c1-12(2)22(10-18-13(3)6-7-26-18)11-19(23)21-17-9-16(27(20,24)25)8-14(4)15(17)5/h6-9,12H,10-11H2,1-5H3,(H,21,23)(H2,20,24,25). The number of hydrogen-bond acceptors (Lipinski definition) is 5. The maximum atomic E-state index is 12.6. The second kappa shape index (κ2) is 8.52. The quantitative estimate of drug-likeness (QED) is 0.735. The van der Waals surface area contributed by atoms with Crippen LogP contribution in [0.25, 0.3) is 0 Å². The van der Waals surface area contributed by atoms with Crippen molar-refractivity contribution in [3.05, 3.63) is 45.1 Å². The van der Waals surface area contributed by atoms with Gasteiger partial charge in [-0.15, -0.1) is 11.3 Å². The van der Waals surface area contributed by atoms with E-state index in [0.717, 1.165) is 11.1 Å². The van der Waals surface area contributed by atoms with Gasteiger partial charge in [0.05, 0.1) is 11.4 Å². The van der Waals surface area contributed by atoms with Crippen LogP contribution < -0.4 is 10.5 Å². The molecule has 1 aromatic carbocycles. The molecular weight excluding hydrogens is 382 g/mol. The van der Waals surface area contributed by atoms with Gasteiger partial charge in [0.1, 0.15) is 0 Å². The van der Waals surface area contributed by atoms with Crippen molar-refractivity contribution in [2.75, 3.05) is 11.9 Å². The van der Waals surface area contributed by atoms with E-state index in [1.807, 2.05) is 26.2 Å². The van der Waals surface area contributed by atoms with Crippen molar-refractivity contribution in [3.8, 4) is 0 Å². The molecule has 0 radical (unpaired) electrons. The van der Waals surface area contributed by atoms with Crippen LogP contribution in [0.5, 0.6) is 0 Å². The van der Waals surface area contributed by atoms with Crippen LogP contribution in [0.2, 0.25) is 0 Å². The number of anilines is 1. The van der Waals surface area contributed by atoms with E-state index in [1.54, 1.807) is 18.3 Å². The number of benzene rings is 1. The molecule has 0 saturated carbocycles. The van der Waals surface area contributed by atoms with Gasteiger partial charge < -0.3 is 5.32 Å². The molecule has 1 amide bonds. The summed E-state index contributed by atoms with van der Waals surface area (Å²) in [6.07, 6.45) is 0. The average molecular weight is 410 g/mol. The highest BCUT2D eigenvalue weighted by atomic mass is 32.2. The summed E-state index contributed by atoms with van der Waals surface area (Å²) in [5.74, 6) is -0.188. The highest BCUT2D eigenvalue weighted by Crippen LogP contribution is 2.24. The maximum Gasteiger partial charge on any atom is 0.238 e. The lowest BCUT2D eigenvalue weighted by Crippen LogP contribution is -2.37. The Morgan fingerprint density at radius 3 is 2.41 bits per heavy atom. The predicted octanol–water partition coefficient (Wildman–Crippen LogP) is 3.17. The number of rotatable bonds is 7. The summed E-state index contributed by atoms with van der Waals surface area (Å²) in [6.45, 7) is 10.7. The number of nitrogens with two attached hydrogens (primary N) is 1. The number of thiophene rings is 1. The monoisotopic (exact) mass is 409 g/mol. The van der Waals surface area contributed by atoms with Gasteiger partial charge in [-0.1, -0.05) is 0 Å². The third-order valence-corrected chi connectivity index (χ3v) is 6.54. The number of sulfonamides is 1. The second-order valence-corrected chi connectivity index (χ2v) is 9.59. The van der Waals surface area contributed by atoms with Crippen molar-refractivity contribution in [1.82, 2.24) is 4.90 Å². The highest BCUT2D eigenvalue weighted by molar-refractivity contribution is 7.89. The van der Waals surface area contributed by atoms with Crippen LogP contribution in [-0.2, 0) is 21.4 Å². The predicted molar refractivity (Wildman–Crippen MR) is 111 cm³/mol. The average Bonchev–Trinajstić information content (AvgIpc) is 2.95. The third-order valence-electron chi connectivity index (χ3n) is 4.64. The maximum absolute atomic E-state index is 12.6. The molecule has 8 heteroatoms. The zero-order chi connectivity index (χ0) is 20.4. The Labute approximate surface area is 165 Å². The van der Waals surface area contributed by atoms with Crippen molar-refractivity contribution in [1.29, 1.82) is 0 Å². The molecular formula is C19H27N3O3S2. The van der Waals surface area contributed by atoms with Crippen LogP contribution in [0.1, 0.15) is 35.4 Å². The van der Waals surface area contributed by atoms with Gasteiger partial charge in [-0.2, -0.15) is 0 Å². The second-order valence-electron chi connectivity index (χ2n) is 7.03. The summed E-state index contributed by atoms with van der Waals surface area (Å²) >= 11 is 1.68. The Kier molecular flexibility index (Phi) is 6.80. The Balaban J connectivity index is 2.18. The molecule has 3 N–H and O–H groups in total. The number of aryl methyl sites for hydroxylation is 2. The first-order valence-electron chi connectivity index (χ1n) is 8.70. The van der Waals surface area contributed by atoms with Gasteiger partial charge in [-0.05, 0) is 74.9 Å². The molecule has 2 aromatic rings. The molecule has 0 atom stereocenters. The zero-order valence-electron chi connectivity index (χ0n) is 16.4. The molecule has 0 aliphatic rings. The SMILES string of the molecule is Cc1ccsc1CN(CC(=O)Nc1cc(S(N)(=O)=O)cc(C)c1C)C(C)C. The molecule has 2 rings (SSSR count). The minimum absolute atomic E-state index is 0.00386. The smallest absolute Gasteiger partial charge is 0.238 e. The number of primary sulfonamides is 1. The molecule has 6 nitrogen and oxygen atoms in total. The number of carbonyl (C=O) groups excluding carboxylic acids is 1. The van der Waals surface area contributed by atoms with E-state index in [4.69, 9.17) is 5.14 Å². The fourth-order valence-electron chi connectivity index (χ4n) is 2.67. The van der Waals surface area contributed by atoms with Gasteiger partial charge in [0.2, 0.25) is 15.9 Å². The van der Waals surface area contributed by atoms with E-state index in [9.17, 15) is 13.2 Å². The largest absolute Gasteiger partial charge is 0.325 e. The molecule has 0 spiro atoms. The molecule has 0 fully saturated rings. The van der Waals surface area contributed by atoms with Gasteiger partial charge in [0.15, 0.2) is 0 Å². The number of carbonyl (C=O) groups is 1. The number of hydrogen-bond donors (Lipinski definition) is 2. The first-order valence-corrected chi connectivity index (χ1v) is 11.1. The summed E-state index contributed by atoms with van der Waals surface area (Å²) < 4.78 is 23.3. The van der Waals surface area contributed by atoms with Crippen molar-refractivity contribution in [2.45, 2.75) is 52.1 Å². The van der Waals surface area contributed by atoms with Gasteiger partial charge >= 0.3 is 0 Å². The molecule has 1 heterocycles. The van der Waals surface area contributed by atoms with E-state index in [2.05, 4.69) is 23.2 Å². The van der Waals surface area contributed by atoms with Gasteiger partial charge in [0.25, 0.3) is 0 Å². The van der Waals surface area contributed by atoms with Crippen LogP contribution in [0, 0.1) is 20.8 Å². The van der Waals surface area contributed by atoms with E-state index >= 15 is 0 Å². The normalized spacial score (nSPS) is 12.0. The molecule has 27 heavy (non-hydrogen) atoms. The molecule has 1 aromatic heterocycles. The van der Waals surface area contributed by atoms with Crippen molar-refractivity contribution in [3.63, 3.8) is 0 Å². The van der Waals surface area contributed by atoms with Crippen LogP contribution in [0.15, 0.2) is 28.5 Å². The first-order chi connectivity index (χ1) is 12.5. The summed E-state index contributed by atoms with van der Waals surface area (Å²) in [5, 5.41) is 10.1. The molecule has 0 bridgehead atoms. The molecule has 0 aliphatic carbocycles. The van der Waals surface area contributed by atoms with Crippen molar-refractivity contribution >= 4 is 33.0 Å². The van der Waals surface area contributed by atoms with E-state index in [0.29, 0.717) is 12.2 Å². The van der Waals surface area contributed by atoms with Gasteiger partial charge in [-0.25, -0.2) is 13.6 Å². The minimum Gasteiger partial charge on any atom is -0.325 e. The highest BCUT2D eigenvalue weighted by Gasteiger charge is 2.18. The van der Waals surface area contributed by atoms with E-state index in [1.165, 1.54) is 22.6 Å². The topological polar surface area (TPSA) is 92.5 Å². The Hall–Kier alpha value is -1.74. The summed E-state index contributed by atoms with van der Waals surface area (Å²) in [5.41, 5.74) is 3.27. The summed E-state index contributed by atoms with van der Waals surface area (Å²) in [7, 11) is -3.84. The minimum atomic E-state index is -3.84. The lowest BCUT2D eigenvalue weighted by Gasteiger charge is -2.26. The number of nitrogens with zero attached hydrogens (tertiary/aromatic N) is 1. The third kappa shape index (κ3) is 5.62. The summed E-state index contributed by atoms with van der Waals surface area (Å²) in [6, 6.07) is 5.19. The summed E-state index contributed by atoms with van der Waals surface area (Å²) in [4.78, 5) is 16.0. The van der Waals surface area contributed by atoms with Crippen molar-refractivity contribution < 1.29 is 13.2 Å². The van der Waals surface area contributed by atoms with Gasteiger partial charge in [0, 0.05) is 23.2 Å². The number of nitrogens with one attached hydrogen (secondary N) is 1. The Morgan fingerprint density at radius 1 is 1.22 bits per heavy atom. The van der Waals surface area contributed by atoms with E-state index < -0.39 is 10.0 Å². The zero-order valence-corrected chi connectivity index (χ0v) is 18.0. The van der Waals surface area contributed by atoms with Crippen LogP contribution >= 0.6 is 11.3 Å². The molecule has 0 unspecified atom stereocenters. The van der Waals surface area contributed by atoms with Crippen LogP contribution in [0.4, 0.5) is 5.69 Å².